The highest BCUT2D eigenvalue weighted by molar-refractivity contribution is 6.07. The van der Waals surface area contributed by atoms with Crippen molar-refractivity contribution in [1.29, 1.82) is 0 Å². The number of hydrogen-bond donors (Lipinski definition) is 2. The van der Waals surface area contributed by atoms with Crippen LogP contribution < -0.4 is 10.7 Å². The molecular weight excluding hydrogens is 344 g/mol. The second-order valence-electron chi connectivity index (χ2n) is 7.65. The van der Waals surface area contributed by atoms with Gasteiger partial charge in [0.25, 0.3) is 11.8 Å². The molecule has 2 aromatic heterocycles. The SMILES string of the molecule is Cc1c(C(=O)NC(C)(C)C)oc2c1/C(=N/NC(=O)c1ccncc1)CCC2. The molecule has 142 valence electrons. The first-order valence-electron chi connectivity index (χ1n) is 8.98. The molecule has 2 N–H and O–H groups in total. The maximum atomic E-state index is 12.5. The fourth-order valence-electron chi connectivity index (χ4n) is 3.08. The molecule has 3 rings (SSSR count). The van der Waals surface area contributed by atoms with Crippen LogP contribution in [0.1, 0.15) is 71.4 Å². The van der Waals surface area contributed by atoms with Gasteiger partial charge < -0.3 is 9.73 Å². The maximum absolute atomic E-state index is 12.5. The van der Waals surface area contributed by atoms with E-state index in [4.69, 9.17) is 4.42 Å². The van der Waals surface area contributed by atoms with Crippen LogP contribution in [-0.2, 0) is 6.42 Å². The highest BCUT2D eigenvalue weighted by Gasteiger charge is 2.29. The number of nitrogens with one attached hydrogen (secondary N) is 2. The van der Waals surface area contributed by atoms with Crippen LogP contribution >= 0.6 is 0 Å². The van der Waals surface area contributed by atoms with E-state index in [0.29, 0.717) is 17.7 Å². The van der Waals surface area contributed by atoms with E-state index < -0.39 is 0 Å². The third-order valence-electron chi connectivity index (χ3n) is 4.26. The fraction of sp³-hybridized carbons (Fsp3) is 0.400. The van der Waals surface area contributed by atoms with Crippen molar-refractivity contribution in [3.8, 4) is 0 Å². The molecule has 0 radical (unpaired) electrons. The van der Waals surface area contributed by atoms with Crippen LogP contribution in [0.25, 0.3) is 0 Å². The smallest absolute Gasteiger partial charge is 0.287 e. The average molecular weight is 368 g/mol. The molecule has 0 aliphatic heterocycles. The number of aromatic nitrogens is 1. The number of nitrogens with zero attached hydrogens (tertiary/aromatic N) is 2. The van der Waals surface area contributed by atoms with Gasteiger partial charge in [0.05, 0.1) is 5.71 Å². The van der Waals surface area contributed by atoms with Gasteiger partial charge in [-0.3, -0.25) is 14.6 Å². The van der Waals surface area contributed by atoms with Crippen molar-refractivity contribution in [2.24, 2.45) is 5.10 Å². The van der Waals surface area contributed by atoms with Gasteiger partial charge in [-0.2, -0.15) is 5.10 Å². The van der Waals surface area contributed by atoms with Crippen molar-refractivity contribution in [2.75, 3.05) is 0 Å². The molecule has 0 saturated carbocycles. The van der Waals surface area contributed by atoms with Gasteiger partial charge in [0.1, 0.15) is 5.76 Å². The monoisotopic (exact) mass is 368 g/mol. The highest BCUT2D eigenvalue weighted by atomic mass is 16.4. The van der Waals surface area contributed by atoms with Crippen molar-refractivity contribution >= 4 is 17.5 Å². The van der Waals surface area contributed by atoms with Gasteiger partial charge in [-0.05, 0) is 52.7 Å². The van der Waals surface area contributed by atoms with Gasteiger partial charge >= 0.3 is 0 Å². The Morgan fingerprint density at radius 3 is 2.52 bits per heavy atom. The van der Waals surface area contributed by atoms with Crippen LogP contribution in [0, 0.1) is 6.92 Å². The van der Waals surface area contributed by atoms with Crippen molar-refractivity contribution in [2.45, 2.75) is 52.5 Å². The second-order valence-corrected chi connectivity index (χ2v) is 7.65. The summed E-state index contributed by atoms with van der Waals surface area (Å²) in [4.78, 5) is 28.7. The lowest BCUT2D eigenvalue weighted by atomic mass is 9.93. The minimum Gasteiger partial charge on any atom is -0.455 e. The molecule has 0 saturated heterocycles. The lowest BCUT2D eigenvalue weighted by Gasteiger charge is -2.19. The summed E-state index contributed by atoms with van der Waals surface area (Å²) >= 11 is 0. The van der Waals surface area contributed by atoms with Crippen molar-refractivity contribution in [3.05, 3.63) is 52.7 Å². The minimum absolute atomic E-state index is 0.241. The van der Waals surface area contributed by atoms with E-state index in [2.05, 4.69) is 20.8 Å². The first-order valence-corrected chi connectivity index (χ1v) is 8.98. The van der Waals surface area contributed by atoms with Crippen molar-refractivity contribution in [3.63, 3.8) is 0 Å². The molecule has 1 aliphatic carbocycles. The van der Waals surface area contributed by atoms with Crippen molar-refractivity contribution < 1.29 is 14.0 Å². The Morgan fingerprint density at radius 2 is 1.85 bits per heavy atom. The van der Waals surface area contributed by atoms with Gasteiger partial charge in [0.15, 0.2) is 5.76 Å². The number of pyridine rings is 1. The summed E-state index contributed by atoms with van der Waals surface area (Å²) in [6, 6.07) is 3.25. The van der Waals surface area contributed by atoms with Crippen LogP contribution in [0.2, 0.25) is 0 Å². The summed E-state index contributed by atoms with van der Waals surface area (Å²) < 4.78 is 5.85. The highest BCUT2D eigenvalue weighted by Crippen LogP contribution is 2.30. The zero-order valence-electron chi connectivity index (χ0n) is 16.0. The summed E-state index contributed by atoms with van der Waals surface area (Å²) in [5.74, 6) is 0.512. The Labute approximate surface area is 158 Å². The van der Waals surface area contributed by atoms with Crippen LogP contribution in [-0.4, -0.2) is 28.0 Å². The third-order valence-corrected chi connectivity index (χ3v) is 4.26. The molecule has 2 aromatic rings. The van der Waals surface area contributed by atoms with Crippen LogP contribution in [0.3, 0.4) is 0 Å². The first-order chi connectivity index (χ1) is 12.8. The van der Waals surface area contributed by atoms with E-state index in [-0.39, 0.29) is 17.4 Å². The molecule has 2 heterocycles. The molecule has 0 fully saturated rings. The van der Waals surface area contributed by atoms with Crippen LogP contribution in [0.15, 0.2) is 34.0 Å². The fourth-order valence-corrected chi connectivity index (χ4v) is 3.08. The summed E-state index contributed by atoms with van der Waals surface area (Å²) in [6.45, 7) is 7.62. The van der Waals surface area contributed by atoms with Gasteiger partial charge in [-0.1, -0.05) is 0 Å². The zero-order chi connectivity index (χ0) is 19.6. The number of hydrogen-bond acceptors (Lipinski definition) is 5. The van der Waals surface area contributed by atoms with Crippen LogP contribution in [0.5, 0.6) is 0 Å². The van der Waals surface area contributed by atoms with E-state index >= 15 is 0 Å². The second kappa shape index (κ2) is 7.34. The Balaban J connectivity index is 1.86. The molecule has 1 aliphatic rings. The van der Waals surface area contributed by atoms with E-state index in [1.807, 2.05) is 27.7 Å². The molecule has 0 atom stereocenters. The maximum Gasteiger partial charge on any atom is 0.287 e. The number of rotatable bonds is 3. The number of amides is 2. The normalized spacial score (nSPS) is 15.3. The molecule has 0 aromatic carbocycles. The number of furan rings is 1. The van der Waals surface area contributed by atoms with E-state index in [0.717, 1.165) is 35.4 Å². The van der Waals surface area contributed by atoms with Crippen LogP contribution in [0.4, 0.5) is 0 Å². The van der Waals surface area contributed by atoms with E-state index in [1.54, 1.807) is 24.5 Å². The predicted octanol–water partition coefficient (Wildman–Crippen LogP) is 2.98. The van der Waals surface area contributed by atoms with E-state index in [9.17, 15) is 9.59 Å². The van der Waals surface area contributed by atoms with Gasteiger partial charge in [-0.15, -0.1) is 0 Å². The Morgan fingerprint density at radius 1 is 1.15 bits per heavy atom. The third kappa shape index (κ3) is 4.24. The lowest BCUT2D eigenvalue weighted by molar-refractivity contribution is 0.0887. The molecular formula is C20H24N4O3. The summed E-state index contributed by atoms with van der Waals surface area (Å²) in [7, 11) is 0. The number of carbonyl (C=O) groups excluding carboxylic acids is 2. The summed E-state index contributed by atoms with van der Waals surface area (Å²) in [6.07, 6.45) is 5.42. The molecule has 0 unspecified atom stereocenters. The molecule has 2 amide bonds. The summed E-state index contributed by atoms with van der Waals surface area (Å²) in [5, 5.41) is 7.24. The van der Waals surface area contributed by atoms with Gasteiger partial charge in [0.2, 0.25) is 0 Å². The zero-order valence-corrected chi connectivity index (χ0v) is 16.0. The largest absolute Gasteiger partial charge is 0.455 e. The summed E-state index contributed by atoms with van der Waals surface area (Å²) in [5.41, 5.74) is 5.04. The molecule has 27 heavy (non-hydrogen) atoms. The molecule has 7 nitrogen and oxygen atoms in total. The lowest BCUT2D eigenvalue weighted by Crippen LogP contribution is -2.40. The number of aryl methyl sites for hydroxylation is 1. The Bertz CT molecular complexity index is 892. The molecule has 7 heteroatoms. The van der Waals surface area contributed by atoms with Gasteiger partial charge in [-0.25, -0.2) is 5.43 Å². The van der Waals surface area contributed by atoms with E-state index in [1.165, 1.54) is 0 Å². The molecule has 0 spiro atoms. The Hall–Kier alpha value is -2.96. The standard InChI is InChI=1S/C20H24N4O3/c1-12-16-14(23-24-18(25)13-8-10-21-11-9-13)6-5-7-15(16)27-17(12)19(26)22-20(2,3)4/h8-11H,5-7H2,1-4H3,(H,22,26)(H,24,25)/b23-14+. The Kier molecular flexibility index (Phi) is 5.12. The average Bonchev–Trinajstić information content (AvgIpc) is 2.96. The molecule has 0 bridgehead atoms. The minimum atomic E-state index is -0.355. The quantitative estimate of drug-likeness (QED) is 0.814. The topological polar surface area (TPSA) is 96.6 Å². The number of carbonyl (C=O) groups is 2. The number of hydrazone groups is 1. The van der Waals surface area contributed by atoms with Gasteiger partial charge in [0, 0.05) is 41.0 Å². The number of fused-ring (bicyclic) bond motifs is 1. The first kappa shape index (κ1) is 18.8. The van der Waals surface area contributed by atoms with Crippen molar-refractivity contribution in [1.82, 2.24) is 15.7 Å². The predicted molar refractivity (Wildman–Crippen MR) is 102 cm³/mol.